The first-order chi connectivity index (χ1) is 12.4. The Morgan fingerprint density at radius 2 is 2.04 bits per heavy atom. The number of thiophene rings is 1. The van der Waals surface area contributed by atoms with Crippen LogP contribution in [0.3, 0.4) is 0 Å². The van der Waals surface area contributed by atoms with Gasteiger partial charge in [0.1, 0.15) is 12.3 Å². The van der Waals surface area contributed by atoms with Crippen LogP contribution >= 0.6 is 23.3 Å². The minimum atomic E-state index is -0.609. The van der Waals surface area contributed by atoms with Crippen LogP contribution in [0.25, 0.3) is 0 Å². The molecule has 0 unspecified atom stereocenters. The molecule has 142 valence electrons. The molecule has 1 amide bonds. The molecule has 0 aliphatic heterocycles. The Kier molecular flexibility index (Phi) is 10.2. The van der Waals surface area contributed by atoms with E-state index >= 15 is 0 Å². The Morgan fingerprint density at radius 3 is 2.58 bits per heavy atom. The number of nitrogens with one attached hydrogen (secondary N) is 2. The van der Waals surface area contributed by atoms with Crippen LogP contribution in [0.4, 0.5) is 0 Å². The van der Waals surface area contributed by atoms with E-state index in [1.54, 1.807) is 23.5 Å². The summed E-state index contributed by atoms with van der Waals surface area (Å²) in [6.45, 7) is 2.24. The lowest BCUT2D eigenvalue weighted by atomic mass is 10.2. The number of hydrazine groups is 1. The highest BCUT2D eigenvalue weighted by Crippen LogP contribution is 2.17. The molecule has 26 heavy (non-hydrogen) atoms. The molecule has 10 heteroatoms. The highest BCUT2D eigenvalue weighted by molar-refractivity contribution is 7.97. The summed E-state index contributed by atoms with van der Waals surface area (Å²) in [7, 11) is 0. The van der Waals surface area contributed by atoms with Gasteiger partial charge in [0, 0.05) is 28.7 Å². The van der Waals surface area contributed by atoms with Crippen molar-refractivity contribution in [2.75, 3.05) is 13.1 Å². The lowest BCUT2D eigenvalue weighted by molar-refractivity contribution is -0.129. The molecule has 1 heterocycles. The first-order valence-electron chi connectivity index (χ1n) is 7.48. The van der Waals surface area contributed by atoms with E-state index in [9.17, 15) is 4.79 Å². The SMILES string of the molecule is Cc1ccc(O)cc1.N/C(=C\N(N)CC(=O)NO)CNSc1ccsc1. The summed E-state index contributed by atoms with van der Waals surface area (Å²) in [5.41, 5.74) is 8.83. The average molecular weight is 398 g/mol. The molecule has 0 radical (unpaired) electrons. The summed E-state index contributed by atoms with van der Waals surface area (Å²) in [6.07, 6.45) is 1.43. The molecule has 0 aliphatic carbocycles. The van der Waals surface area contributed by atoms with E-state index in [0.29, 0.717) is 18.0 Å². The van der Waals surface area contributed by atoms with Gasteiger partial charge in [-0.25, -0.2) is 11.3 Å². The number of carbonyl (C=O) groups is 1. The Labute approximate surface area is 160 Å². The fourth-order valence-electron chi connectivity index (χ4n) is 1.56. The van der Waals surface area contributed by atoms with Gasteiger partial charge in [-0.05, 0) is 42.5 Å². The van der Waals surface area contributed by atoms with E-state index in [0.717, 1.165) is 9.90 Å². The number of amides is 1. The molecule has 8 nitrogen and oxygen atoms in total. The molecule has 0 saturated carbocycles. The van der Waals surface area contributed by atoms with Crippen molar-refractivity contribution in [2.24, 2.45) is 11.6 Å². The Balaban J connectivity index is 0.000000350. The van der Waals surface area contributed by atoms with E-state index < -0.39 is 5.91 Å². The van der Waals surface area contributed by atoms with Crippen LogP contribution in [0, 0.1) is 6.92 Å². The van der Waals surface area contributed by atoms with Crippen LogP contribution in [-0.2, 0) is 4.79 Å². The number of phenolic OH excluding ortho intramolecular Hbond substituents is 1. The number of phenols is 1. The van der Waals surface area contributed by atoms with Crippen LogP contribution in [-0.4, -0.2) is 34.3 Å². The van der Waals surface area contributed by atoms with Crippen molar-refractivity contribution in [1.82, 2.24) is 15.2 Å². The van der Waals surface area contributed by atoms with E-state index in [1.807, 2.05) is 35.9 Å². The van der Waals surface area contributed by atoms with Gasteiger partial charge in [-0.2, -0.15) is 11.3 Å². The average Bonchev–Trinajstić information content (AvgIpc) is 3.11. The van der Waals surface area contributed by atoms with Crippen molar-refractivity contribution < 1.29 is 15.1 Å². The van der Waals surface area contributed by atoms with Crippen LogP contribution < -0.4 is 21.8 Å². The van der Waals surface area contributed by atoms with Crippen LogP contribution in [0.1, 0.15) is 5.56 Å². The normalized spacial score (nSPS) is 10.7. The summed E-state index contributed by atoms with van der Waals surface area (Å²) >= 11 is 3.08. The van der Waals surface area contributed by atoms with Crippen molar-refractivity contribution in [3.05, 3.63) is 58.6 Å². The number of nitrogens with two attached hydrogens (primary N) is 2. The third-order valence-corrected chi connectivity index (χ3v) is 4.39. The zero-order chi connectivity index (χ0) is 19.4. The number of benzene rings is 1. The van der Waals surface area contributed by atoms with E-state index in [1.165, 1.54) is 29.2 Å². The summed E-state index contributed by atoms with van der Waals surface area (Å²) < 4.78 is 3.06. The Hall–Kier alpha value is -2.24. The lowest BCUT2D eigenvalue weighted by Crippen LogP contribution is -2.37. The second kappa shape index (κ2) is 12.2. The van der Waals surface area contributed by atoms with Crippen molar-refractivity contribution in [2.45, 2.75) is 11.8 Å². The third-order valence-electron chi connectivity index (χ3n) is 2.78. The van der Waals surface area contributed by atoms with E-state index in [4.69, 9.17) is 21.9 Å². The van der Waals surface area contributed by atoms with Crippen LogP contribution in [0.5, 0.6) is 5.75 Å². The van der Waals surface area contributed by atoms with E-state index in [-0.39, 0.29) is 6.54 Å². The first-order valence-corrected chi connectivity index (χ1v) is 9.24. The molecular weight excluding hydrogens is 374 g/mol. The molecule has 0 fully saturated rings. The fourth-order valence-corrected chi connectivity index (χ4v) is 3.07. The molecule has 0 bridgehead atoms. The number of hydroxylamine groups is 1. The highest BCUT2D eigenvalue weighted by Gasteiger charge is 2.03. The number of carbonyl (C=O) groups excluding carboxylic acids is 1. The van der Waals surface area contributed by atoms with Crippen LogP contribution in [0.15, 0.2) is 57.9 Å². The topological polar surface area (TPSA) is 137 Å². The Morgan fingerprint density at radius 1 is 1.35 bits per heavy atom. The number of aromatic hydroxyl groups is 1. The molecule has 0 aliphatic rings. The number of hydrogen-bond donors (Lipinski definition) is 6. The quantitative estimate of drug-likeness (QED) is 0.179. The predicted octanol–water partition coefficient (Wildman–Crippen LogP) is 1.53. The van der Waals surface area contributed by atoms with E-state index in [2.05, 4.69) is 4.72 Å². The highest BCUT2D eigenvalue weighted by atomic mass is 32.2. The van der Waals surface area contributed by atoms with Gasteiger partial charge in [0.15, 0.2) is 0 Å². The largest absolute Gasteiger partial charge is 0.508 e. The smallest absolute Gasteiger partial charge is 0.264 e. The summed E-state index contributed by atoms with van der Waals surface area (Å²) in [5, 5.41) is 22.2. The van der Waals surface area contributed by atoms with Gasteiger partial charge >= 0.3 is 0 Å². The number of rotatable bonds is 7. The van der Waals surface area contributed by atoms with Gasteiger partial charge in [0.05, 0.1) is 0 Å². The molecule has 0 saturated heterocycles. The van der Waals surface area contributed by atoms with Gasteiger partial charge in [-0.1, -0.05) is 17.7 Å². The first kappa shape index (κ1) is 21.8. The summed E-state index contributed by atoms with van der Waals surface area (Å²) in [6, 6.07) is 9.08. The maximum Gasteiger partial charge on any atom is 0.264 e. The summed E-state index contributed by atoms with van der Waals surface area (Å²) in [5.74, 6) is 5.21. The van der Waals surface area contributed by atoms with Gasteiger partial charge in [0.25, 0.3) is 5.91 Å². The zero-order valence-electron chi connectivity index (χ0n) is 14.3. The standard InChI is InChI=1S/C9H15N5O2S2.C7H8O/c10-7(4-14(11)5-9(15)13-16)3-12-18-8-1-2-17-6-8;1-6-2-4-7(8)5-3-6/h1-2,4,6,12,16H,3,5,10-11H2,(H,13,15);2-5,8H,1H3/b7-4-;. The third kappa shape index (κ3) is 9.91. The minimum absolute atomic E-state index is 0.172. The lowest BCUT2D eigenvalue weighted by Gasteiger charge is -2.13. The fraction of sp³-hybridized carbons (Fsp3) is 0.188. The van der Waals surface area contributed by atoms with Crippen molar-refractivity contribution in [3.8, 4) is 5.75 Å². The predicted molar refractivity (Wildman–Crippen MR) is 104 cm³/mol. The maximum absolute atomic E-state index is 10.8. The molecule has 0 spiro atoms. The Bertz CT molecular complexity index is 657. The van der Waals surface area contributed by atoms with Crippen molar-refractivity contribution in [3.63, 3.8) is 0 Å². The molecule has 1 aromatic carbocycles. The monoisotopic (exact) mass is 397 g/mol. The number of hydrogen-bond acceptors (Lipinski definition) is 9. The molecular formula is C16H23N5O3S2. The molecule has 2 rings (SSSR count). The molecule has 8 N–H and O–H groups in total. The maximum atomic E-state index is 10.8. The molecule has 1 aromatic heterocycles. The molecule has 2 aromatic rings. The minimum Gasteiger partial charge on any atom is -0.508 e. The second-order valence-corrected chi connectivity index (χ2v) is 6.87. The molecule has 0 atom stereocenters. The second-order valence-electron chi connectivity index (χ2n) is 5.13. The van der Waals surface area contributed by atoms with Gasteiger partial charge in [-0.3, -0.25) is 14.7 Å². The summed E-state index contributed by atoms with van der Waals surface area (Å²) in [4.78, 5) is 11.9. The number of nitrogens with zero attached hydrogens (tertiary/aromatic N) is 1. The van der Waals surface area contributed by atoms with Gasteiger partial charge in [-0.15, -0.1) is 0 Å². The van der Waals surface area contributed by atoms with Gasteiger partial charge < -0.3 is 15.8 Å². The van der Waals surface area contributed by atoms with Crippen molar-refractivity contribution in [1.29, 1.82) is 0 Å². The van der Waals surface area contributed by atoms with Gasteiger partial charge in [0.2, 0.25) is 0 Å². The van der Waals surface area contributed by atoms with Crippen molar-refractivity contribution >= 4 is 29.2 Å². The van der Waals surface area contributed by atoms with Crippen LogP contribution in [0.2, 0.25) is 0 Å². The number of aryl methyl sites for hydroxylation is 1. The zero-order valence-corrected chi connectivity index (χ0v) is 15.9.